The molecule has 12 heavy (non-hydrogen) atoms. The van der Waals surface area contributed by atoms with E-state index < -0.39 is 12.0 Å². The predicted octanol–water partition coefficient (Wildman–Crippen LogP) is 1.72. The van der Waals surface area contributed by atoms with Gasteiger partial charge in [-0.25, -0.2) is 4.79 Å². The molecule has 0 bridgehead atoms. The Labute approximate surface area is 72.5 Å². The minimum Gasteiger partial charge on any atom is -0.480 e. The summed E-state index contributed by atoms with van der Waals surface area (Å²) >= 11 is 0. The predicted molar refractivity (Wildman–Crippen MR) is 47.5 cm³/mol. The van der Waals surface area contributed by atoms with Crippen molar-refractivity contribution in [2.45, 2.75) is 39.2 Å². The average molecular weight is 169 g/mol. The molecule has 1 aliphatic heterocycles. The van der Waals surface area contributed by atoms with E-state index in [1.165, 1.54) is 0 Å². The topological polar surface area (TPSA) is 49.7 Å². The molecule has 0 spiro atoms. The van der Waals surface area contributed by atoms with Crippen LogP contribution in [0, 0.1) is 5.92 Å². The Bertz CT molecular complexity index is 211. The van der Waals surface area contributed by atoms with Gasteiger partial charge in [-0.3, -0.25) is 4.99 Å². The van der Waals surface area contributed by atoms with Gasteiger partial charge in [0.25, 0.3) is 0 Å². The first-order valence-corrected chi connectivity index (χ1v) is 4.42. The van der Waals surface area contributed by atoms with E-state index >= 15 is 0 Å². The summed E-state index contributed by atoms with van der Waals surface area (Å²) in [7, 11) is 0. The molecule has 0 saturated heterocycles. The lowest BCUT2D eigenvalue weighted by Crippen LogP contribution is -2.27. The molecule has 1 N–H and O–H groups in total. The maximum absolute atomic E-state index is 10.6. The van der Waals surface area contributed by atoms with Crippen molar-refractivity contribution in [3.05, 3.63) is 0 Å². The fourth-order valence-corrected chi connectivity index (χ4v) is 1.66. The summed E-state index contributed by atoms with van der Waals surface area (Å²) < 4.78 is 0. The third-order valence-electron chi connectivity index (χ3n) is 2.52. The Kier molecular flexibility index (Phi) is 2.84. The van der Waals surface area contributed by atoms with Crippen molar-refractivity contribution in [3.8, 4) is 0 Å². The Morgan fingerprint density at radius 3 is 2.75 bits per heavy atom. The second kappa shape index (κ2) is 3.70. The molecule has 2 atom stereocenters. The van der Waals surface area contributed by atoms with Crippen LogP contribution in [0.1, 0.15) is 33.1 Å². The van der Waals surface area contributed by atoms with Crippen LogP contribution in [0.3, 0.4) is 0 Å². The van der Waals surface area contributed by atoms with Crippen molar-refractivity contribution in [2.75, 3.05) is 0 Å². The van der Waals surface area contributed by atoms with Crippen molar-refractivity contribution >= 4 is 11.7 Å². The van der Waals surface area contributed by atoms with Gasteiger partial charge < -0.3 is 5.11 Å². The Hall–Kier alpha value is -0.860. The quantitative estimate of drug-likeness (QED) is 0.684. The normalized spacial score (nSPS) is 29.7. The number of carboxylic acids is 1. The van der Waals surface area contributed by atoms with Crippen LogP contribution < -0.4 is 0 Å². The van der Waals surface area contributed by atoms with Gasteiger partial charge in [0, 0.05) is 5.71 Å². The molecular formula is C9H15NO2. The summed E-state index contributed by atoms with van der Waals surface area (Å²) in [4.78, 5) is 14.7. The van der Waals surface area contributed by atoms with E-state index in [1.807, 2.05) is 6.92 Å². The zero-order valence-electron chi connectivity index (χ0n) is 7.58. The maximum atomic E-state index is 10.6. The molecule has 0 radical (unpaired) electrons. The Balaban J connectivity index is 2.67. The molecule has 3 nitrogen and oxygen atoms in total. The van der Waals surface area contributed by atoms with E-state index in [0.717, 1.165) is 18.6 Å². The van der Waals surface area contributed by atoms with Crippen LogP contribution in [0.5, 0.6) is 0 Å². The molecular weight excluding hydrogens is 154 g/mol. The van der Waals surface area contributed by atoms with Crippen molar-refractivity contribution in [2.24, 2.45) is 10.9 Å². The van der Waals surface area contributed by atoms with Crippen molar-refractivity contribution in [3.63, 3.8) is 0 Å². The fourth-order valence-electron chi connectivity index (χ4n) is 1.66. The van der Waals surface area contributed by atoms with Crippen molar-refractivity contribution < 1.29 is 9.90 Å². The largest absolute Gasteiger partial charge is 0.480 e. The van der Waals surface area contributed by atoms with Crippen LogP contribution in [-0.4, -0.2) is 22.8 Å². The maximum Gasteiger partial charge on any atom is 0.328 e. The summed E-state index contributed by atoms with van der Waals surface area (Å²) in [6.45, 7) is 4.05. The van der Waals surface area contributed by atoms with Crippen LogP contribution in [0.2, 0.25) is 0 Å². The van der Waals surface area contributed by atoms with Gasteiger partial charge in [0.15, 0.2) is 0 Å². The first-order valence-electron chi connectivity index (χ1n) is 4.42. The second-order valence-corrected chi connectivity index (χ2v) is 3.31. The summed E-state index contributed by atoms with van der Waals surface area (Å²) in [5, 5.41) is 8.71. The van der Waals surface area contributed by atoms with Crippen LogP contribution >= 0.6 is 0 Å². The summed E-state index contributed by atoms with van der Waals surface area (Å²) in [6, 6.07) is -0.479. The van der Waals surface area contributed by atoms with Gasteiger partial charge in [-0.2, -0.15) is 0 Å². The van der Waals surface area contributed by atoms with Crippen molar-refractivity contribution in [1.29, 1.82) is 0 Å². The van der Waals surface area contributed by atoms with Gasteiger partial charge >= 0.3 is 5.97 Å². The molecule has 0 saturated carbocycles. The van der Waals surface area contributed by atoms with Gasteiger partial charge in [-0.1, -0.05) is 6.92 Å². The van der Waals surface area contributed by atoms with Crippen LogP contribution in [0.15, 0.2) is 4.99 Å². The zero-order chi connectivity index (χ0) is 9.14. The Morgan fingerprint density at radius 2 is 2.33 bits per heavy atom. The third kappa shape index (κ3) is 1.84. The standard InChI is InChI=1S/C9H15NO2/c1-3-7-4-5-8(9(11)12)10-6(7)2/h7-8H,3-5H2,1-2H3,(H,11,12). The molecule has 1 heterocycles. The first kappa shape index (κ1) is 9.23. The molecule has 0 aromatic rings. The lowest BCUT2D eigenvalue weighted by Gasteiger charge is -2.22. The lowest BCUT2D eigenvalue weighted by molar-refractivity contribution is -0.138. The SMILES string of the molecule is CCC1CCC(C(=O)O)N=C1C. The highest BCUT2D eigenvalue weighted by molar-refractivity contribution is 5.88. The summed E-state index contributed by atoms with van der Waals surface area (Å²) in [5.41, 5.74) is 1.01. The summed E-state index contributed by atoms with van der Waals surface area (Å²) in [6.07, 6.45) is 2.75. The molecule has 0 fully saturated rings. The van der Waals surface area contributed by atoms with E-state index in [1.54, 1.807) is 0 Å². The fraction of sp³-hybridized carbons (Fsp3) is 0.778. The number of hydrogen-bond acceptors (Lipinski definition) is 2. The molecule has 2 unspecified atom stereocenters. The Morgan fingerprint density at radius 1 is 1.67 bits per heavy atom. The number of aliphatic carboxylic acids is 1. The minimum atomic E-state index is -0.788. The second-order valence-electron chi connectivity index (χ2n) is 3.31. The highest BCUT2D eigenvalue weighted by atomic mass is 16.4. The van der Waals surface area contributed by atoms with E-state index in [0.29, 0.717) is 12.3 Å². The van der Waals surface area contributed by atoms with Crippen molar-refractivity contribution in [1.82, 2.24) is 0 Å². The number of hydrogen-bond donors (Lipinski definition) is 1. The van der Waals surface area contributed by atoms with Gasteiger partial charge in [0.1, 0.15) is 6.04 Å². The average Bonchev–Trinajstić information content (AvgIpc) is 2.04. The minimum absolute atomic E-state index is 0.479. The monoisotopic (exact) mass is 169 g/mol. The molecule has 1 rings (SSSR count). The number of carboxylic acid groups (broad SMARTS) is 1. The molecule has 3 heteroatoms. The molecule has 0 aliphatic carbocycles. The van der Waals surface area contributed by atoms with Crippen LogP contribution in [0.25, 0.3) is 0 Å². The number of nitrogens with zero attached hydrogens (tertiary/aromatic N) is 1. The summed E-state index contributed by atoms with van der Waals surface area (Å²) in [5.74, 6) is -0.274. The number of rotatable bonds is 2. The highest BCUT2D eigenvalue weighted by Crippen LogP contribution is 2.22. The zero-order valence-corrected chi connectivity index (χ0v) is 7.58. The molecule has 68 valence electrons. The third-order valence-corrected chi connectivity index (χ3v) is 2.52. The van der Waals surface area contributed by atoms with Gasteiger partial charge in [-0.15, -0.1) is 0 Å². The van der Waals surface area contributed by atoms with Gasteiger partial charge in [0.05, 0.1) is 0 Å². The molecule has 0 aromatic carbocycles. The van der Waals surface area contributed by atoms with Crippen LogP contribution in [0.4, 0.5) is 0 Å². The van der Waals surface area contributed by atoms with Crippen LogP contribution in [-0.2, 0) is 4.79 Å². The molecule has 0 amide bonds. The highest BCUT2D eigenvalue weighted by Gasteiger charge is 2.24. The van der Waals surface area contributed by atoms with E-state index in [2.05, 4.69) is 11.9 Å². The number of carbonyl (C=O) groups is 1. The lowest BCUT2D eigenvalue weighted by atomic mass is 9.90. The first-order chi connectivity index (χ1) is 5.65. The molecule has 1 aliphatic rings. The molecule has 0 aromatic heterocycles. The van der Waals surface area contributed by atoms with Gasteiger partial charge in [0.2, 0.25) is 0 Å². The van der Waals surface area contributed by atoms with E-state index in [4.69, 9.17) is 5.11 Å². The van der Waals surface area contributed by atoms with E-state index in [-0.39, 0.29) is 0 Å². The number of aliphatic imine (C=N–C) groups is 1. The smallest absolute Gasteiger partial charge is 0.328 e. The van der Waals surface area contributed by atoms with E-state index in [9.17, 15) is 4.79 Å². The van der Waals surface area contributed by atoms with Gasteiger partial charge in [-0.05, 0) is 32.1 Å².